The summed E-state index contributed by atoms with van der Waals surface area (Å²) in [4.78, 5) is 19.3. The molecular formula is C20H22N2O2S. The molecule has 2 aromatic heterocycles. The van der Waals surface area contributed by atoms with Crippen molar-refractivity contribution >= 4 is 28.2 Å². The highest BCUT2D eigenvalue weighted by atomic mass is 32.1. The lowest BCUT2D eigenvalue weighted by Gasteiger charge is -2.31. The van der Waals surface area contributed by atoms with Crippen LogP contribution in [0.1, 0.15) is 42.7 Å². The van der Waals surface area contributed by atoms with Gasteiger partial charge >= 0.3 is 0 Å². The number of aryl methyl sites for hydroxylation is 1. The van der Waals surface area contributed by atoms with Crippen LogP contribution in [0.2, 0.25) is 0 Å². The van der Waals surface area contributed by atoms with Gasteiger partial charge in [-0.2, -0.15) is 0 Å². The van der Waals surface area contributed by atoms with Crippen molar-refractivity contribution in [3.05, 3.63) is 52.2 Å². The predicted molar refractivity (Wildman–Crippen MR) is 100.0 cm³/mol. The molecule has 1 amide bonds. The molecule has 1 saturated heterocycles. The highest BCUT2D eigenvalue weighted by molar-refractivity contribution is 7.07. The van der Waals surface area contributed by atoms with Crippen molar-refractivity contribution in [2.45, 2.75) is 38.5 Å². The monoisotopic (exact) mass is 354 g/mol. The molecule has 0 N–H and O–H groups in total. The maximum absolute atomic E-state index is 12.8. The number of nitrogens with zero attached hydrogens (tertiary/aromatic N) is 2. The Morgan fingerprint density at radius 2 is 2.12 bits per heavy atom. The van der Waals surface area contributed by atoms with Crippen molar-refractivity contribution in [2.75, 3.05) is 13.1 Å². The van der Waals surface area contributed by atoms with Gasteiger partial charge < -0.3 is 9.32 Å². The molecule has 0 unspecified atom stereocenters. The minimum Gasteiger partial charge on any atom is -0.461 e. The molecule has 1 fully saturated rings. The number of piperidine rings is 1. The van der Waals surface area contributed by atoms with Gasteiger partial charge in [0.2, 0.25) is 5.91 Å². The third kappa shape index (κ3) is 3.21. The quantitative estimate of drug-likeness (QED) is 0.697. The number of carbonyl (C=O) groups is 1. The first-order valence-corrected chi connectivity index (χ1v) is 9.85. The average Bonchev–Trinajstić information content (AvgIpc) is 3.30. The van der Waals surface area contributed by atoms with Gasteiger partial charge in [0.25, 0.3) is 0 Å². The third-order valence-corrected chi connectivity index (χ3v) is 5.75. The van der Waals surface area contributed by atoms with E-state index in [1.54, 1.807) is 11.3 Å². The van der Waals surface area contributed by atoms with Gasteiger partial charge in [-0.1, -0.05) is 25.1 Å². The third-order valence-electron chi connectivity index (χ3n) is 5.15. The van der Waals surface area contributed by atoms with Crippen molar-refractivity contribution in [1.82, 2.24) is 9.88 Å². The van der Waals surface area contributed by atoms with E-state index in [9.17, 15) is 4.79 Å². The first kappa shape index (κ1) is 16.3. The maximum Gasteiger partial charge on any atom is 0.227 e. The zero-order valence-electron chi connectivity index (χ0n) is 14.4. The van der Waals surface area contributed by atoms with Gasteiger partial charge in [0.1, 0.15) is 11.3 Å². The molecule has 4 rings (SSSR count). The number of hydrogen-bond acceptors (Lipinski definition) is 4. The van der Waals surface area contributed by atoms with E-state index >= 15 is 0 Å². The second-order valence-corrected chi connectivity index (χ2v) is 7.32. The zero-order chi connectivity index (χ0) is 17.2. The van der Waals surface area contributed by atoms with E-state index in [0.717, 1.165) is 54.6 Å². The number of furan rings is 1. The molecule has 5 heteroatoms. The fraction of sp³-hybridized carbons (Fsp3) is 0.400. The Kier molecular flexibility index (Phi) is 4.57. The second-order valence-electron chi connectivity index (χ2n) is 6.60. The van der Waals surface area contributed by atoms with Crippen LogP contribution in [0.15, 0.2) is 39.6 Å². The molecule has 1 aliphatic rings. The lowest BCUT2D eigenvalue weighted by Crippen LogP contribution is -2.38. The van der Waals surface area contributed by atoms with Gasteiger partial charge in [0.15, 0.2) is 0 Å². The van der Waals surface area contributed by atoms with Crippen molar-refractivity contribution in [3.63, 3.8) is 0 Å². The highest BCUT2D eigenvalue weighted by Crippen LogP contribution is 2.30. The average molecular weight is 354 g/mol. The second kappa shape index (κ2) is 7.00. The summed E-state index contributed by atoms with van der Waals surface area (Å²) in [6.45, 7) is 3.71. The van der Waals surface area contributed by atoms with Gasteiger partial charge in [-0.05, 0) is 18.9 Å². The molecule has 1 aliphatic heterocycles. The fourth-order valence-corrected chi connectivity index (χ4v) is 4.38. The van der Waals surface area contributed by atoms with Crippen LogP contribution in [0.25, 0.3) is 11.0 Å². The molecule has 1 aromatic carbocycles. The molecule has 4 nitrogen and oxygen atoms in total. The summed E-state index contributed by atoms with van der Waals surface area (Å²) in [6.07, 6.45) is 3.25. The van der Waals surface area contributed by atoms with E-state index in [4.69, 9.17) is 4.42 Å². The van der Waals surface area contributed by atoms with Crippen molar-refractivity contribution in [1.29, 1.82) is 0 Å². The van der Waals surface area contributed by atoms with E-state index in [2.05, 4.69) is 23.4 Å². The Bertz CT molecular complexity index is 861. The van der Waals surface area contributed by atoms with Gasteiger partial charge in [0, 0.05) is 41.8 Å². The van der Waals surface area contributed by atoms with Gasteiger partial charge in [-0.25, -0.2) is 4.98 Å². The van der Waals surface area contributed by atoms with Crippen LogP contribution in [0.5, 0.6) is 0 Å². The molecule has 3 aromatic rings. The van der Waals surface area contributed by atoms with Crippen molar-refractivity contribution in [2.24, 2.45) is 0 Å². The van der Waals surface area contributed by atoms with Gasteiger partial charge in [-0.3, -0.25) is 4.79 Å². The first-order chi connectivity index (χ1) is 12.3. The van der Waals surface area contributed by atoms with Crippen LogP contribution >= 0.6 is 11.3 Å². The Balaban J connectivity index is 1.46. The summed E-state index contributed by atoms with van der Waals surface area (Å²) in [5, 5.41) is 3.21. The largest absolute Gasteiger partial charge is 0.461 e. The Morgan fingerprint density at radius 1 is 1.32 bits per heavy atom. The molecule has 0 bridgehead atoms. The summed E-state index contributed by atoms with van der Waals surface area (Å²) in [5.74, 6) is 1.64. The van der Waals surface area contributed by atoms with E-state index in [1.165, 1.54) is 5.69 Å². The standard InChI is InChI=1S/C20H22N2O2S/c1-2-18-16(15-5-3-4-6-19(15)24-18)11-20(23)22-9-7-14(8-10-22)17-12-25-13-21-17/h3-6,12-14H,2,7-11H2,1H3. The zero-order valence-corrected chi connectivity index (χ0v) is 15.2. The topological polar surface area (TPSA) is 46.3 Å². The summed E-state index contributed by atoms with van der Waals surface area (Å²) in [5.41, 5.74) is 5.02. The Hall–Kier alpha value is -2.14. The van der Waals surface area contributed by atoms with Crippen LogP contribution in [-0.4, -0.2) is 28.9 Å². The van der Waals surface area contributed by atoms with Crippen LogP contribution in [0.4, 0.5) is 0 Å². The number of rotatable bonds is 4. The smallest absolute Gasteiger partial charge is 0.227 e. The number of benzene rings is 1. The molecule has 130 valence electrons. The first-order valence-electron chi connectivity index (χ1n) is 8.91. The number of thiazole rings is 1. The van der Waals surface area contributed by atoms with Gasteiger partial charge in [0.05, 0.1) is 17.6 Å². The Morgan fingerprint density at radius 3 is 2.84 bits per heavy atom. The van der Waals surface area contributed by atoms with E-state index in [-0.39, 0.29) is 5.91 Å². The van der Waals surface area contributed by atoms with E-state index < -0.39 is 0 Å². The Labute approximate surface area is 151 Å². The highest BCUT2D eigenvalue weighted by Gasteiger charge is 2.26. The van der Waals surface area contributed by atoms with E-state index in [1.807, 2.05) is 28.6 Å². The molecule has 0 aliphatic carbocycles. The summed E-state index contributed by atoms with van der Waals surface area (Å²) >= 11 is 1.65. The van der Waals surface area contributed by atoms with Crippen LogP contribution in [0, 0.1) is 0 Å². The van der Waals surface area contributed by atoms with Crippen molar-refractivity contribution in [3.8, 4) is 0 Å². The summed E-state index contributed by atoms with van der Waals surface area (Å²) in [7, 11) is 0. The molecular weight excluding hydrogens is 332 g/mol. The molecule has 0 atom stereocenters. The van der Waals surface area contributed by atoms with Crippen LogP contribution in [0.3, 0.4) is 0 Å². The lowest BCUT2D eigenvalue weighted by atomic mass is 9.94. The lowest BCUT2D eigenvalue weighted by molar-refractivity contribution is -0.131. The normalized spacial score (nSPS) is 15.8. The number of carbonyl (C=O) groups excluding carboxylic acids is 1. The van der Waals surface area contributed by atoms with Crippen molar-refractivity contribution < 1.29 is 9.21 Å². The molecule has 25 heavy (non-hydrogen) atoms. The summed E-state index contributed by atoms with van der Waals surface area (Å²) < 4.78 is 5.92. The SMILES string of the molecule is CCc1oc2ccccc2c1CC(=O)N1CCC(c2cscn2)CC1. The fourth-order valence-electron chi connectivity index (χ4n) is 3.74. The molecule has 0 spiro atoms. The van der Waals surface area contributed by atoms with Crippen LogP contribution in [-0.2, 0) is 17.6 Å². The maximum atomic E-state index is 12.8. The van der Waals surface area contributed by atoms with Crippen LogP contribution < -0.4 is 0 Å². The molecule has 0 saturated carbocycles. The number of amides is 1. The minimum absolute atomic E-state index is 0.206. The van der Waals surface area contributed by atoms with Gasteiger partial charge in [-0.15, -0.1) is 11.3 Å². The number of fused-ring (bicyclic) bond motifs is 1. The molecule has 3 heterocycles. The number of hydrogen-bond donors (Lipinski definition) is 0. The predicted octanol–water partition coefficient (Wildman–Crippen LogP) is 4.40. The number of para-hydroxylation sites is 1. The number of likely N-dealkylation sites (tertiary alicyclic amines) is 1. The molecule has 0 radical (unpaired) electrons. The summed E-state index contributed by atoms with van der Waals surface area (Å²) in [6, 6.07) is 8.00. The minimum atomic E-state index is 0.206. The van der Waals surface area contributed by atoms with E-state index in [0.29, 0.717) is 12.3 Å². The number of aromatic nitrogens is 1.